The van der Waals surface area contributed by atoms with Crippen molar-refractivity contribution in [2.75, 3.05) is 13.2 Å². The second-order valence-electron chi connectivity index (χ2n) is 7.40. The number of hydrogen-bond donors (Lipinski definition) is 2. The fourth-order valence-corrected chi connectivity index (χ4v) is 3.57. The Kier molecular flexibility index (Phi) is 6.74. The predicted molar refractivity (Wildman–Crippen MR) is 108 cm³/mol. The molecule has 1 saturated carbocycles. The maximum Gasteiger partial charge on any atom is 0.251 e. The number of carbonyl (C=O) groups is 1. The molecule has 0 radical (unpaired) electrons. The summed E-state index contributed by atoms with van der Waals surface area (Å²) in [6, 6.07) is 8.52. The number of rotatable bonds is 7. The van der Waals surface area contributed by atoms with E-state index in [9.17, 15) is 14.7 Å². The highest BCUT2D eigenvalue weighted by atomic mass is 16.5. The minimum Gasteiger partial charge on any atom is -0.503 e. The van der Waals surface area contributed by atoms with Gasteiger partial charge in [-0.15, -0.1) is 0 Å². The number of carbonyl (C=O) groups excluding carboxylic acids is 1. The first-order valence-corrected chi connectivity index (χ1v) is 9.94. The Morgan fingerprint density at radius 1 is 1.18 bits per heavy atom. The minimum atomic E-state index is -0.399. The second-order valence-corrected chi connectivity index (χ2v) is 7.40. The Balaban J connectivity index is 1.46. The summed E-state index contributed by atoms with van der Waals surface area (Å²) >= 11 is 0. The molecule has 1 aromatic carbocycles. The second kappa shape index (κ2) is 9.44. The average molecular weight is 384 g/mol. The number of nitrogens with one attached hydrogen (secondary N) is 1. The van der Waals surface area contributed by atoms with E-state index in [0.29, 0.717) is 30.3 Å². The summed E-state index contributed by atoms with van der Waals surface area (Å²) in [4.78, 5) is 23.7. The van der Waals surface area contributed by atoms with Gasteiger partial charge in [-0.1, -0.05) is 19.3 Å². The molecular formula is C22H28N2O4. The van der Waals surface area contributed by atoms with E-state index >= 15 is 0 Å². The van der Waals surface area contributed by atoms with Crippen LogP contribution >= 0.6 is 0 Å². The third-order valence-electron chi connectivity index (χ3n) is 5.38. The van der Waals surface area contributed by atoms with Crippen LogP contribution in [0.5, 0.6) is 11.5 Å². The van der Waals surface area contributed by atoms with Gasteiger partial charge in [0.05, 0.1) is 12.3 Å². The van der Waals surface area contributed by atoms with Gasteiger partial charge in [-0.25, -0.2) is 0 Å². The van der Waals surface area contributed by atoms with Gasteiger partial charge in [-0.2, -0.15) is 0 Å². The third kappa shape index (κ3) is 5.15. The summed E-state index contributed by atoms with van der Waals surface area (Å²) in [5, 5.41) is 12.5. The van der Waals surface area contributed by atoms with Crippen molar-refractivity contribution in [2.24, 2.45) is 5.92 Å². The van der Waals surface area contributed by atoms with Gasteiger partial charge >= 0.3 is 0 Å². The lowest BCUT2D eigenvalue weighted by atomic mass is 9.90. The molecule has 0 bridgehead atoms. The number of hydrogen-bond acceptors (Lipinski definition) is 4. The van der Waals surface area contributed by atoms with Crippen molar-refractivity contribution < 1.29 is 14.6 Å². The van der Waals surface area contributed by atoms with E-state index in [-0.39, 0.29) is 11.7 Å². The summed E-state index contributed by atoms with van der Waals surface area (Å²) in [6.07, 6.45) is 8.03. The van der Waals surface area contributed by atoms with Gasteiger partial charge in [0, 0.05) is 30.9 Å². The highest BCUT2D eigenvalue weighted by molar-refractivity contribution is 5.94. The summed E-state index contributed by atoms with van der Waals surface area (Å²) in [7, 11) is 0. The van der Waals surface area contributed by atoms with Crippen LogP contribution in [0.15, 0.2) is 41.3 Å². The van der Waals surface area contributed by atoms with E-state index in [1.54, 1.807) is 29.8 Å². The van der Waals surface area contributed by atoms with E-state index < -0.39 is 5.43 Å². The molecule has 1 heterocycles. The number of aromatic hydroxyl groups is 1. The topological polar surface area (TPSA) is 80.6 Å². The van der Waals surface area contributed by atoms with E-state index in [1.807, 2.05) is 12.1 Å². The van der Waals surface area contributed by atoms with Gasteiger partial charge in [-0.05, 0) is 49.9 Å². The van der Waals surface area contributed by atoms with E-state index in [1.165, 1.54) is 38.2 Å². The van der Waals surface area contributed by atoms with Gasteiger partial charge in [0.15, 0.2) is 5.75 Å². The predicted octanol–water partition coefficient (Wildman–Crippen LogP) is 3.25. The van der Waals surface area contributed by atoms with Crippen molar-refractivity contribution in [3.63, 3.8) is 0 Å². The molecule has 6 nitrogen and oxygen atoms in total. The lowest BCUT2D eigenvalue weighted by Gasteiger charge is -2.21. The first-order valence-electron chi connectivity index (χ1n) is 9.94. The number of pyridine rings is 1. The number of benzene rings is 1. The van der Waals surface area contributed by atoms with Crippen LogP contribution < -0.4 is 15.5 Å². The normalized spacial score (nSPS) is 14.6. The summed E-state index contributed by atoms with van der Waals surface area (Å²) in [6.45, 7) is 3.28. The molecule has 1 aromatic heterocycles. The summed E-state index contributed by atoms with van der Waals surface area (Å²) in [5.74, 6) is 1.02. The van der Waals surface area contributed by atoms with E-state index in [4.69, 9.17) is 4.74 Å². The quantitative estimate of drug-likeness (QED) is 0.768. The number of ether oxygens (including phenoxy) is 1. The maximum absolute atomic E-state index is 12.3. The molecule has 28 heavy (non-hydrogen) atoms. The summed E-state index contributed by atoms with van der Waals surface area (Å²) < 4.78 is 7.60. The Morgan fingerprint density at radius 2 is 1.89 bits per heavy atom. The van der Waals surface area contributed by atoms with Crippen LogP contribution in [-0.2, 0) is 6.54 Å². The van der Waals surface area contributed by atoms with Crippen LogP contribution in [0.3, 0.4) is 0 Å². The zero-order valence-corrected chi connectivity index (χ0v) is 16.3. The molecule has 1 fully saturated rings. The fourth-order valence-electron chi connectivity index (χ4n) is 3.57. The smallest absolute Gasteiger partial charge is 0.251 e. The van der Waals surface area contributed by atoms with Crippen molar-refractivity contribution in [1.29, 1.82) is 0 Å². The van der Waals surface area contributed by atoms with Gasteiger partial charge in [0.25, 0.3) is 5.91 Å². The standard InChI is InChI=1S/C22H28N2O4/c1-16-21(26)20(25)11-13-24(16)14-12-23-22(27)18-7-9-19(10-8-18)28-15-17-5-3-2-4-6-17/h7-11,13,17,26H,2-6,12,14-15H2,1H3,(H,23,27). The van der Waals surface area contributed by atoms with Gasteiger partial charge in [0.1, 0.15) is 5.75 Å². The molecule has 0 saturated heterocycles. The lowest BCUT2D eigenvalue weighted by Crippen LogP contribution is -2.28. The Morgan fingerprint density at radius 3 is 2.61 bits per heavy atom. The molecule has 1 aliphatic carbocycles. The molecule has 1 aliphatic rings. The Labute approximate surface area is 165 Å². The van der Waals surface area contributed by atoms with Crippen LogP contribution in [0, 0.1) is 12.8 Å². The lowest BCUT2D eigenvalue weighted by molar-refractivity contribution is 0.0952. The highest BCUT2D eigenvalue weighted by Gasteiger charge is 2.14. The number of aromatic nitrogens is 1. The first-order chi connectivity index (χ1) is 13.5. The zero-order chi connectivity index (χ0) is 19.9. The molecule has 150 valence electrons. The van der Waals surface area contributed by atoms with Crippen molar-refractivity contribution in [3.8, 4) is 11.5 Å². The molecule has 0 spiro atoms. The average Bonchev–Trinajstić information content (AvgIpc) is 2.73. The number of nitrogens with zero attached hydrogens (tertiary/aromatic N) is 1. The van der Waals surface area contributed by atoms with Crippen molar-refractivity contribution in [2.45, 2.75) is 45.6 Å². The fraction of sp³-hybridized carbons (Fsp3) is 0.455. The third-order valence-corrected chi connectivity index (χ3v) is 5.38. The van der Waals surface area contributed by atoms with Crippen LogP contribution in [0.2, 0.25) is 0 Å². The molecule has 6 heteroatoms. The molecule has 3 rings (SSSR count). The molecule has 2 aromatic rings. The minimum absolute atomic E-state index is 0.165. The Bertz CT molecular complexity index is 852. The first kappa shape index (κ1) is 20.0. The monoisotopic (exact) mass is 384 g/mol. The molecular weight excluding hydrogens is 356 g/mol. The Hall–Kier alpha value is -2.76. The van der Waals surface area contributed by atoms with Crippen LogP contribution in [0.25, 0.3) is 0 Å². The molecule has 0 aliphatic heterocycles. The largest absolute Gasteiger partial charge is 0.503 e. The van der Waals surface area contributed by atoms with Gasteiger partial charge < -0.3 is 19.7 Å². The van der Waals surface area contributed by atoms with Crippen molar-refractivity contribution >= 4 is 5.91 Å². The van der Waals surface area contributed by atoms with Crippen LogP contribution in [0.1, 0.15) is 48.2 Å². The van der Waals surface area contributed by atoms with Crippen molar-refractivity contribution in [3.05, 3.63) is 58.0 Å². The van der Waals surface area contributed by atoms with Gasteiger partial charge in [0.2, 0.25) is 5.43 Å². The zero-order valence-electron chi connectivity index (χ0n) is 16.3. The molecule has 0 unspecified atom stereocenters. The maximum atomic E-state index is 12.3. The number of amides is 1. The highest BCUT2D eigenvalue weighted by Crippen LogP contribution is 2.24. The summed E-state index contributed by atoms with van der Waals surface area (Å²) in [5.41, 5.74) is 0.661. The van der Waals surface area contributed by atoms with Gasteiger partial charge in [-0.3, -0.25) is 9.59 Å². The van der Waals surface area contributed by atoms with Crippen LogP contribution in [0.4, 0.5) is 0 Å². The SMILES string of the molecule is Cc1c(O)c(=O)ccn1CCNC(=O)c1ccc(OCC2CCCCC2)cc1. The van der Waals surface area contributed by atoms with E-state index in [2.05, 4.69) is 5.32 Å². The van der Waals surface area contributed by atoms with Crippen LogP contribution in [-0.4, -0.2) is 28.7 Å². The van der Waals surface area contributed by atoms with E-state index in [0.717, 1.165) is 12.4 Å². The molecule has 0 atom stereocenters. The molecule has 2 N–H and O–H groups in total. The van der Waals surface area contributed by atoms with Crippen molar-refractivity contribution in [1.82, 2.24) is 9.88 Å². The molecule has 1 amide bonds.